The highest BCUT2D eigenvalue weighted by molar-refractivity contribution is 7.71. The second-order valence-electron chi connectivity index (χ2n) is 7.82. The van der Waals surface area contributed by atoms with Gasteiger partial charge in [-0.15, -0.1) is 0 Å². The molecule has 0 saturated carbocycles. The van der Waals surface area contributed by atoms with E-state index in [0.29, 0.717) is 48.5 Å². The molecule has 3 aromatic heterocycles. The molecule has 0 saturated heterocycles. The summed E-state index contributed by atoms with van der Waals surface area (Å²) >= 11 is 18.3. The van der Waals surface area contributed by atoms with Crippen molar-refractivity contribution in [1.82, 2.24) is 19.5 Å². The maximum absolute atomic E-state index is 13.6. The van der Waals surface area contributed by atoms with Crippen LogP contribution in [0.1, 0.15) is 0 Å². The summed E-state index contributed by atoms with van der Waals surface area (Å²) in [6.07, 6.45) is 3.07. The molecule has 0 bridgehead atoms. The van der Waals surface area contributed by atoms with E-state index in [2.05, 4.69) is 20.3 Å². The molecule has 0 aliphatic rings. The highest BCUT2D eigenvalue weighted by Crippen LogP contribution is 2.35. The van der Waals surface area contributed by atoms with Crippen LogP contribution in [0.15, 0.2) is 82.5 Å². The second kappa shape index (κ2) is 8.42. The molecule has 172 valence electrons. The third-order valence-corrected chi connectivity index (χ3v) is 6.53. The van der Waals surface area contributed by atoms with Crippen molar-refractivity contribution in [2.24, 2.45) is 0 Å². The topological polar surface area (TPSA) is 91.6 Å². The minimum Gasteiger partial charge on any atom is -0.463 e. The lowest BCUT2D eigenvalue weighted by molar-refractivity contribution is 0.604. The molecular formula is C25H15Cl2N5O2S. The number of H-pyrrole nitrogens is 2. The molecule has 3 aromatic carbocycles. The Labute approximate surface area is 213 Å². The van der Waals surface area contributed by atoms with Crippen molar-refractivity contribution in [3.63, 3.8) is 0 Å². The van der Waals surface area contributed by atoms with Gasteiger partial charge >= 0.3 is 0 Å². The van der Waals surface area contributed by atoms with Crippen molar-refractivity contribution in [3.8, 4) is 16.9 Å². The van der Waals surface area contributed by atoms with Crippen molar-refractivity contribution in [1.29, 1.82) is 0 Å². The maximum Gasteiger partial charge on any atom is 0.202 e. The summed E-state index contributed by atoms with van der Waals surface area (Å²) in [5.41, 5.74) is 4.03. The fourth-order valence-electron chi connectivity index (χ4n) is 4.06. The molecule has 0 spiro atoms. The van der Waals surface area contributed by atoms with Crippen LogP contribution in [0.25, 0.3) is 38.9 Å². The van der Waals surface area contributed by atoms with E-state index < -0.39 is 0 Å². The van der Waals surface area contributed by atoms with Gasteiger partial charge in [-0.25, -0.2) is 4.98 Å². The summed E-state index contributed by atoms with van der Waals surface area (Å²) in [5.74, 6) is 0.464. The zero-order valence-corrected chi connectivity index (χ0v) is 20.1. The minimum absolute atomic E-state index is 0.197. The summed E-state index contributed by atoms with van der Waals surface area (Å²) in [7, 11) is 0. The highest BCUT2D eigenvalue weighted by Gasteiger charge is 2.21. The summed E-state index contributed by atoms with van der Waals surface area (Å²) in [4.78, 5) is 24.2. The number of hydrogen-bond donors (Lipinski definition) is 3. The van der Waals surface area contributed by atoms with Gasteiger partial charge in [-0.1, -0.05) is 35.3 Å². The fraction of sp³-hybridized carbons (Fsp3) is 0. The number of anilines is 2. The van der Waals surface area contributed by atoms with Crippen molar-refractivity contribution < 1.29 is 4.42 Å². The Morgan fingerprint density at radius 1 is 1.06 bits per heavy atom. The van der Waals surface area contributed by atoms with Crippen molar-refractivity contribution in [3.05, 3.63) is 98.3 Å². The molecule has 3 N–H and O–H groups in total. The van der Waals surface area contributed by atoms with Crippen LogP contribution in [0.3, 0.4) is 0 Å². The molecule has 0 unspecified atom stereocenters. The number of benzene rings is 3. The Balaban J connectivity index is 1.64. The second-order valence-corrected chi connectivity index (χ2v) is 9.05. The lowest BCUT2D eigenvalue weighted by Gasteiger charge is -2.13. The van der Waals surface area contributed by atoms with E-state index >= 15 is 0 Å². The van der Waals surface area contributed by atoms with Gasteiger partial charge in [0, 0.05) is 5.02 Å². The van der Waals surface area contributed by atoms with E-state index in [1.54, 1.807) is 47.3 Å². The van der Waals surface area contributed by atoms with Crippen molar-refractivity contribution in [2.75, 3.05) is 5.32 Å². The number of halogens is 2. The predicted molar refractivity (Wildman–Crippen MR) is 142 cm³/mol. The van der Waals surface area contributed by atoms with Gasteiger partial charge in [-0.2, -0.15) is 0 Å². The number of nitrogens with zero attached hydrogens (tertiary/aromatic N) is 2. The molecule has 0 atom stereocenters. The first-order chi connectivity index (χ1) is 17.0. The van der Waals surface area contributed by atoms with Gasteiger partial charge in [0.1, 0.15) is 23.4 Å². The molecule has 0 amide bonds. The molecule has 7 nitrogen and oxygen atoms in total. The van der Waals surface area contributed by atoms with E-state index in [0.717, 1.165) is 16.7 Å². The number of rotatable bonds is 4. The van der Waals surface area contributed by atoms with Crippen LogP contribution in [-0.2, 0) is 0 Å². The number of para-hydroxylation sites is 1. The quantitative estimate of drug-likeness (QED) is 0.213. The average Bonchev–Trinajstić information content (AvgIpc) is 3.45. The van der Waals surface area contributed by atoms with Gasteiger partial charge in [0.25, 0.3) is 0 Å². The number of fused-ring (bicyclic) bond motifs is 2. The minimum atomic E-state index is -0.197. The summed E-state index contributed by atoms with van der Waals surface area (Å²) in [6.45, 7) is 0. The van der Waals surface area contributed by atoms with E-state index in [-0.39, 0.29) is 5.43 Å². The summed E-state index contributed by atoms with van der Waals surface area (Å²) < 4.78 is 7.97. The lowest BCUT2D eigenvalue weighted by Crippen LogP contribution is -2.09. The first-order valence-corrected chi connectivity index (χ1v) is 11.7. The van der Waals surface area contributed by atoms with E-state index in [4.69, 9.17) is 39.8 Å². The predicted octanol–water partition coefficient (Wildman–Crippen LogP) is 7.23. The van der Waals surface area contributed by atoms with Crippen LogP contribution in [0.4, 0.5) is 11.5 Å². The van der Waals surface area contributed by atoms with Gasteiger partial charge in [0.15, 0.2) is 4.77 Å². The first-order valence-electron chi connectivity index (χ1n) is 10.5. The van der Waals surface area contributed by atoms with E-state index in [1.165, 1.54) is 6.26 Å². The standard InChI is InChI=1S/C25H15Cl2N5O2S/c26-13-5-7-17(27)19(9-13)30-24-22(16-11-34-21-4-2-1-3-15(21)23(16)33)32(25(35)31-24)14-6-8-18-20(10-14)29-12-28-18/h1-12,30H,(H,28,29)(H,31,35). The molecule has 10 heteroatoms. The Hall–Kier alpha value is -3.85. The molecule has 0 aliphatic carbocycles. The largest absolute Gasteiger partial charge is 0.463 e. The van der Waals surface area contributed by atoms with Crippen LogP contribution in [0.5, 0.6) is 0 Å². The zero-order chi connectivity index (χ0) is 24.1. The monoisotopic (exact) mass is 519 g/mol. The molecule has 6 aromatic rings. The van der Waals surface area contributed by atoms with Gasteiger partial charge in [-0.3, -0.25) is 9.36 Å². The molecule has 6 rings (SSSR count). The maximum atomic E-state index is 13.6. The smallest absolute Gasteiger partial charge is 0.202 e. The van der Waals surface area contributed by atoms with Gasteiger partial charge in [-0.05, 0) is 60.7 Å². The third-order valence-electron chi connectivity index (χ3n) is 5.68. The average molecular weight is 520 g/mol. The van der Waals surface area contributed by atoms with Crippen LogP contribution in [0, 0.1) is 4.77 Å². The number of aromatic nitrogens is 4. The van der Waals surface area contributed by atoms with Crippen LogP contribution in [0.2, 0.25) is 10.0 Å². The van der Waals surface area contributed by atoms with Crippen molar-refractivity contribution in [2.45, 2.75) is 0 Å². The zero-order valence-electron chi connectivity index (χ0n) is 17.8. The number of hydrogen-bond acceptors (Lipinski definition) is 5. The highest BCUT2D eigenvalue weighted by atomic mass is 35.5. The molecule has 0 radical (unpaired) electrons. The summed E-state index contributed by atoms with van der Waals surface area (Å²) in [5, 5.41) is 4.68. The Bertz CT molecular complexity index is 1870. The molecular weight excluding hydrogens is 505 g/mol. The Morgan fingerprint density at radius 2 is 1.91 bits per heavy atom. The first kappa shape index (κ1) is 21.7. The fourth-order valence-corrected chi connectivity index (χ4v) is 4.69. The van der Waals surface area contributed by atoms with Crippen LogP contribution >= 0.6 is 35.4 Å². The molecule has 0 aliphatic heterocycles. The number of aromatic amines is 2. The number of imidazole rings is 2. The summed E-state index contributed by atoms with van der Waals surface area (Å²) in [6, 6.07) is 17.8. The molecule has 35 heavy (non-hydrogen) atoms. The van der Waals surface area contributed by atoms with Crippen LogP contribution in [-0.4, -0.2) is 19.5 Å². The normalized spacial score (nSPS) is 11.4. The lowest BCUT2D eigenvalue weighted by atomic mass is 10.1. The van der Waals surface area contributed by atoms with Gasteiger partial charge < -0.3 is 19.7 Å². The Kier molecular flexibility index (Phi) is 5.21. The number of nitrogens with one attached hydrogen (secondary N) is 3. The van der Waals surface area contributed by atoms with E-state index in [9.17, 15) is 4.79 Å². The molecule has 0 fully saturated rings. The molecule has 3 heterocycles. The van der Waals surface area contributed by atoms with Crippen molar-refractivity contribution >= 4 is 68.9 Å². The van der Waals surface area contributed by atoms with Gasteiger partial charge in [0.2, 0.25) is 5.43 Å². The van der Waals surface area contributed by atoms with Crippen LogP contribution < -0.4 is 10.7 Å². The van der Waals surface area contributed by atoms with Gasteiger partial charge in [0.05, 0.1) is 44.7 Å². The Morgan fingerprint density at radius 3 is 2.80 bits per heavy atom. The third kappa shape index (κ3) is 3.72. The SMILES string of the molecule is O=c1c(-c2c(Nc3cc(Cl)ccc3Cl)[nH]c(=S)n2-c2ccc3nc[nH]c3c2)coc2ccccc12. The van der Waals surface area contributed by atoms with E-state index in [1.807, 2.05) is 24.3 Å².